The van der Waals surface area contributed by atoms with Gasteiger partial charge in [-0.3, -0.25) is 10.1 Å². The Hall–Kier alpha value is -2.95. The summed E-state index contributed by atoms with van der Waals surface area (Å²) >= 11 is 0. The first-order chi connectivity index (χ1) is 9.74. The second kappa shape index (κ2) is 4.97. The molecule has 3 rings (SSSR count). The first-order valence-corrected chi connectivity index (χ1v) is 6.01. The molecular formula is C15H10N3O2. The first kappa shape index (κ1) is 12.1. The maximum absolute atomic E-state index is 10.6. The van der Waals surface area contributed by atoms with Crippen LogP contribution in [-0.2, 0) is 0 Å². The number of non-ortho nitro benzene ring substituents is 1. The second-order valence-electron chi connectivity index (χ2n) is 4.21. The highest BCUT2D eigenvalue weighted by atomic mass is 16.6. The van der Waals surface area contributed by atoms with E-state index in [0.29, 0.717) is 0 Å². The molecule has 1 heterocycles. The molecule has 20 heavy (non-hydrogen) atoms. The highest BCUT2D eigenvalue weighted by molar-refractivity contribution is 5.58. The summed E-state index contributed by atoms with van der Waals surface area (Å²) in [6.45, 7) is 0. The van der Waals surface area contributed by atoms with Crippen molar-refractivity contribution in [3.8, 4) is 16.9 Å². The summed E-state index contributed by atoms with van der Waals surface area (Å²) < 4.78 is 1.64. The number of nitrogens with zero attached hydrogens (tertiary/aromatic N) is 3. The standard InChI is InChI=1S/C15H10N3O2/c19-18(20)14-8-6-13(7-9-14)17-11-10-15(16-17)12-4-2-1-3-5-12/h1-9,11H. The molecule has 0 aliphatic carbocycles. The van der Waals surface area contributed by atoms with Gasteiger partial charge < -0.3 is 0 Å². The van der Waals surface area contributed by atoms with Gasteiger partial charge in [-0.05, 0) is 12.1 Å². The molecule has 0 fully saturated rings. The van der Waals surface area contributed by atoms with E-state index in [9.17, 15) is 10.1 Å². The van der Waals surface area contributed by atoms with E-state index in [-0.39, 0.29) is 5.69 Å². The normalized spacial score (nSPS) is 10.4. The van der Waals surface area contributed by atoms with Crippen molar-refractivity contribution in [1.82, 2.24) is 9.78 Å². The molecular weight excluding hydrogens is 254 g/mol. The molecule has 0 saturated heterocycles. The fourth-order valence-electron chi connectivity index (χ4n) is 1.88. The molecule has 2 aromatic carbocycles. The number of hydrogen-bond acceptors (Lipinski definition) is 3. The van der Waals surface area contributed by atoms with E-state index in [4.69, 9.17) is 0 Å². The van der Waals surface area contributed by atoms with Crippen LogP contribution in [0.1, 0.15) is 0 Å². The quantitative estimate of drug-likeness (QED) is 0.539. The summed E-state index contributed by atoms with van der Waals surface area (Å²) in [5, 5.41) is 15.0. The number of benzene rings is 2. The lowest BCUT2D eigenvalue weighted by Crippen LogP contribution is -1.95. The van der Waals surface area contributed by atoms with E-state index in [2.05, 4.69) is 11.2 Å². The van der Waals surface area contributed by atoms with E-state index < -0.39 is 4.92 Å². The zero-order valence-electron chi connectivity index (χ0n) is 10.4. The van der Waals surface area contributed by atoms with Crippen LogP contribution >= 0.6 is 0 Å². The van der Waals surface area contributed by atoms with Gasteiger partial charge in [0, 0.05) is 30.0 Å². The van der Waals surface area contributed by atoms with Gasteiger partial charge in [-0.1, -0.05) is 30.3 Å². The number of hydrogen-bond donors (Lipinski definition) is 0. The van der Waals surface area contributed by atoms with E-state index in [1.54, 1.807) is 23.0 Å². The second-order valence-corrected chi connectivity index (χ2v) is 4.21. The Kier molecular flexibility index (Phi) is 3.01. The van der Waals surface area contributed by atoms with E-state index in [0.717, 1.165) is 16.9 Å². The minimum absolute atomic E-state index is 0.0631. The average molecular weight is 264 g/mol. The van der Waals surface area contributed by atoms with Crippen molar-refractivity contribution in [3.05, 3.63) is 77.0 Å². The molecule has 3 aromatic rings. The lowest BCUT2D eigenvalue weighted by molar-refractivity contribution is -0.384. The van der Waals surface area contributed by atoms with Gasteiger partial charge in [0.1, 0.15) is 5.69 Å². The maximum atomic E-state index is 10.6. The maximum Gasteiger partial charge on any atom is 0.269 e. The summed E-state index contributed by atoms with van der Waals surface area (Å²) in [5.74, 6) is 0. The molecule has 1 radical (unpaired) electrons. The third-order valence-electron chi connectivity index (χ3n) is 2.90. The Morgan fingerprint density at radius 3 is 2.40 bits per heavy atom. The van der Waals surface area contributed by atoms with Gasteiger partial charge in [-0.2, -0.15) is 5.10 Å². The molecule has 1 aromatic heterocycles. The van der Waals surface area contributed by atoms with Crippen LogP contribution in [0.25, 0.3) is 16.9 Å². The lowest BCUT2D eigenvalue weighted by Gasteiger charge is -2.00. The van der Waals surface area contributed by atoms with Gasteiger partial charge in [0.25, 0.3) is 5.69 Å². The fourth-order valence-corrected chi connectivity index (χ4v) is 1.88. The molecule has 0 atom stereocenters. The van der Waals surface area contributed by atoms with Crippen LogP contribution in [-0.4, -0.2) is 14.7 Å². The third kappa shape index (κ3) is 2.29. The molecule has 97 valence electrons. The number of nitro benzene ring substituents is 1. The molecule has 0 aliphatic rings. The molecule has 0 unspecified atom stereocenters. The van der Waals surface area contributed by atoms with E-state index >= 15 is 0 Å². The van der Waals surface area contributed by atoms with Crippen LogP contribution in [0.15, 0.2) is 60.8 Å². The van der Waals surface area contributed by atoms with Crippen LogP contribution in [0, 0.1) is 16.2 Å². The molecule has 0 aliphatic heterocycles. The van der Waals surface area contributed by atoms with Gasteiger partial charge in [-0.25, -0.2) is 4.68 Å². The first-order valence-electron chi connectivity index (χ1n) is 6.01. The number of rotatable bonds is 3. The smallest absolute Gasteiger partial charge is 0.258 e. The number of aromatic nitrogens is 2. The molecule has 0 spiro atoms. The third-order valence-corrected chi connectivity index (χ3v) is 2.90. The fraction of sp³-hybridized carbons (Fsp3) is 0. The van der Waals surface area contributed by atoms with Crippen LogP contribution in [0.4, 0.5) is 5.69 Å². The average Bonchev–Trinajstić information content (AvgIpc) is 2.98. The molecule has 0 N–H and O–H groups in total. The minimum Gasteiger partial charge on any atom is -0.258 e. The van der Waals surface area contributed by atoms with Gasteiger partial charge in [0.2, 0.25) is 0 Å². The Balaban J connectivity index is 1.92. The molecule has 0 bridgehead atoms. The molecule has 5 nitrogen and oxygen atoms in total. The molecule has 0 amide bonds. The van der Waals surface area contributed by atoms with E-state index in [1.807, 2.05) is 30.3 Å². The van der Waals surface area contributed by atoms with Gasteiger partial charge >= 0.3 is 0 Å². The lowest BCUT2D eigenvalue weighted by atomic mass is 10.2. The van der Waals surface area contributed by atoms with E-state index in [1.165, 1.54) is 12.1 Å². The Labute approximate surface area is 115 Å². The van der Waals surface area contributed by atoms with Crippen LogP contribution in [0.5, 0.6) is 0 Å². The Morgan fingerprint density at radius 2 is 1.75 bits per heavy atom. The highest BCUT2D eigenvalue weighted by Gasteiger charge is 2.07. The van der Waals surface area contributed by atoms with Crippen molar-refractivity contribution in [2.75, 3.05) is 0 Å². The van der Waals surface area contributed by atoms with Crippen molar-refractivity contribution >= 4 is 5.69 Å². The topological polar surface area (TPSA) is 61.0 Å². The highest BCUT2D eigenvalue weighted by Crippen LogP contribution is 2.19. The SMILES string of the molecule is O=[N+]([O-])c1ccc(-n2c[c]c(-c3ccccc3)n2)cc1. The monoisotopic (exact) mass is 264 g/mol. The minimum atomic E-state index is -0.422. The summed E-state index contributed by atoms with van der Waals surface area (Å²) in [7, 11) is 0. The zero-order chi connectivity index (χ0) is 13.9. The van der Waals surface area contributed by atoms with Gasteiger partial charge in [-0.15, -0.1) is 0 Å². The molecule has 0 saturated carbocycles. The predicted octanol–water partition coefficient (Wildman–Crippen LogP) is 3.25. The van der Waals surface area contributed by atoms with Gasteiger partial charge in [0.05, 0.1) is 10.6 Å². The largest absolute Gasteiger partial charge is 0.269 e. The van der Waals surface area contributed by atoms with Crippen molar-refractivity contribution in [2.24, 2.45) is 0 Å². The molecule has 5 heteroatoms. The van der Waals surface area contributed by atoms with Crippen molar-refractivity contribution < 1.29 is 4.92 Å². The Bertz CT molecular complexity index is 733. The zero-order valence-corrected chi connectivity index (χ0v) is 10.4. The van der Waals surface area contributed by atoms with Crippen molar-refractivity contribution in [1.29, 1.82) is 0 Å². The Morgan fingerprint density at radius 1 is 1.05 bits per heavy atom. The van der Waals surface area contributed by atoms with Crippen molar-refractivity contribution in [2.45, 2.75) is 0 Å². The van der Waals surface area contributed by atoms with Crippen molar-refractivity contribution in [3.63, 3.8) is 0 Å². The van der Waals surface area contributed by atoms with Crippen LogP contribution < -0.4 is 0 Å². The summed E-state index contributed by atoms with van der Waals surface area (Å²) in [6.07, 6.45) is 1.71. The predicted molar refractivity (Wildman–Crippen MR) is 74.5 cm³/mol. The summed E-state index contributed by atoms with van der Waals surface area (Å²) in [5.41, 5.74) is 2.54. The number of nitro groups is 1. The summed E-state index contributed by atoms with van der Waals surface area (Å²) in [6, 6.07) is 19.0. The summed E-state index contributed by atoms with van der Waals surface area (Å²) in [4.78, 5) is 10.2. The van der Waals surface area contributed by atoms with Gasteiger partial charge in [0.15, 0.2) is 0 Å². The van der Waals surface area contributed by atoms with Crippen LogP contribution in [0.2, 0.25) is 0 Å². The van der Waals surface area contributed by atoms with Crippen LogP contribution in [0.3, 0.4) is 0 Å².